The van der Waals surface area contributed by atoms with Crippen LogP contribution in [0.1, 0.15) is 30.9 Å². The van der Waals surface area contributed by atoms with Gasteiger partial charge in [-0.15, -0.1) is 11.6 Å². The predicted octanol–water partition coefficient (Wildman–Crippen LogP) is 0.0142. The molecular weight excluding hydrogens is 139 g/mol. The van der Waals surface area contributed by atoms with E-state index in [-0.39, 0.29) is 18.9 Å². The summed E-state index contributed by atoms with van der Waals surface area (Å²) in [5, 5.41) is 0. The van der Waals surface area contributed by atoms with Gasteiger partial charge in [0.2, 0.25) is 0 Å². The van der Waals surface area contributed by atoms with E-state index >= 15 is 0 Å². The summed E-state index contributed by atoms with van der Waals surface area (Å²) in [6.07, 6.45) is 3.40. The second kappa shape index (κ2) is 3.52. The first kappa shape index (κ1) is 9.64. The van der Waals surface area contributed by atoms with Crippen LogP contribution in [0.4, 0.5) is 0 Å². The van der Waals surface area contributed by atoms with Crippen molar-refractivity contribution in [3.8, 4) is 0 Å². The molecule has 0 radical (unpaired) electrons. The molecule has 0 aromatic heterocycles. The van der Waals surface area contributed by atoms with Crippen molar-refractivity contribution in [1.29, 1.82) is 0 Å². The number of fused-ring (bicyclic) bond motifs is 1. The van der Waals surface area contributed by atoms with E-state index in [1.807, 2.05) is 0 Å². The molecule has 1 aliphatic carbocycles. The first-order chi connectivity index (χ1) is 5.29. The Labute approximate surface area is 85.9 Å². The van der Waals surface area contributed by atoms with Crippen LogP contribution in [0, 0.1) is 6.08 Å². The van der Waals surface area contributed by atoms with E-state index in [4.69, 9.17) is 0 Å². The van der Waals surface area contributed by atoms with Gasteiger partial charge in [-0.2, -0.15) is 5.56 Å². The fraction of sp³-hybridized carbons (Fsp3) is 0.273. The van der Waals surface area contributed by atoms with Gasteiger partial charge in [0, 0.05) is 0 Å². The van der Waals surface area contributed by atoms with Gasteiger partial charge in [0.25, 0.3) is 0 Å². The zero-order chi connectivity index (χ0) is 7.84. The second-order valence-corrected chi connectivity index (χ2v) is 3.08. The van der Waals surface area contributed by atoms with Crippen LogP contribution < -0.4 is 18.9 Å². The third-order valence-corrected chi connectivity index (χ3v) is 2.26. The molecule has 1 aromatic rings. The van der Waals surface area contributed by atoms with Crippen molar-refractivity contribution in [2.24, 2.45) is 0 Å². The van der Waals surface area contributed by atoms with Gasteiger partial charge < -0.3 is 0 Å². The Balaban J connectivity index is 0.000000720. The van der Waals surface area contributed by atoms with Crippen molar-refractivity contribution in [2.75, 3.05) is 0 Å². The standard InChI is InChI=1S/C11H11.Li/c1-8-7-9(2)11-6-4-3-5-10(8)11;/h3-6,8H,1-2H3;/q-1;+1. The maximum Gasteiger partial charge on any atom is 1.00 e. The minimum Gasteiger partial charge on any atom is -0.266 e. The van der Waals surface area contributed by atoms with Crippen molar-refractivity contribution in [1.82, 2.24) is 0 Å². The molecule has 0 heterocycles. The Morgan fingerprint density at radius 1 is 1.25 bits per heavy atom. The minimum atomic E-state index is 0. The quantitative estimate of drug-likeness (QED) is 0.361. The van der Waals surface area contributed by atoms with Crippen molar-refractivity contribution in [2.45, 2.75) is 19.8 Å². The molecule has 0 aliphatic heterocycles. The molecule has 2 rings (SSSR count). The summed E-state index contributed by atoms with van der Waals surface area (Å²) in [5.41, 5.74) is 4.10. The molecule has 12 heavy (non-hydrogen) atoms. The second-order valence-electron chi connectivity index (χ2n) is 3.08. The average Bonchev–Trinajstić information content (AvgIpc) is 2.30. The molecule has 1 aromatic carbocycles. The van der Waals surface area contributed by atoms with E-state index in [0.29, 0.717) is 5.92 Å². The van der Waals surface area contributed by atoms with Gasteiger partial charge in [-0.25, -0.2) is 5.57 Å². The molecule has 56 valence electrons. The molecule has 1 unspecified atom stereocenters. The van der Waals surface area contributed by atoms with Crippen LogP contribution in [0.3, 0.4) is 0 Å². The molecule has 0 fully saturated rings. The van der Waals surface area contributed by atoms with Gasteiger partial charge in [-0.1, -0.05) is 38.0 Å². The summed E-state index contributed by atoms with van der Waals surface area (Å²) >= 11 is 0. The summed E-state index contributed by atoms with van der Waals surface area (Å²) in [5.74, 6) is 0.492. The van der Waals surface area contributed by atoms with Crippen molar-refractivity contribution >= 4 is 5.57 Å². The number of hydrogen-bond donors (Lipinski definition) is 0. The third kappa shape index (κ3) is 1.38. The van der Waals surface area contributed by atoms with E-state index in [9.17, 15) is 0 Å². The normalized spacial score (nSPS) is 19.5. The fourth-order valence-corrected chi connectivity index (χ4v) is 1.70. The van der Waals surface area contributed by atoms with E-state index in [2.05, 4.69) is 44.2 Å². The van der Waals surface area contributed by atoms with Crippen molar-refractivity contribution in [3.63, 3.8) is 0 Å². The smallest absolute Gasteiger partial charge is 0.266 e. The molecule has 0 N–H and O–H groups in total. The average molecular weight is 150 g/mol. The summed E-state index contributed by atoms with van der Waals surface area (Å²) in [7, 11) is 0. The zero-order valence-electron chi connectivity index (χ0n) is 7.89. The van der Waals surface area contributed by atoms with Crippen LogP contribution in [-0.4, -0.2) is 0 Å². The maximum absolute atomic E-state index is 3.40. The molecular formula is C11H11Li. The maximum atomic E-state index is 3.40. The molecule has 0 nitrogen and oxygen atoms in total. The monoisotopic (exact) mass is 150 g/mol. The first-order valence-electron chi connectivity index (χ1n) is 3.98. The topological polar surface area (TPSA) is 0 Å². The van der Waals surface area contributed by atoms with Crippen LogP contribution in [-0.2, 0) is 0 Å². The Morgan fingerprint density at radius 3 is 2.58 bits per heavy atom. The van der Waals surface area contributed by atoms with Gasteiger partial charge in [0.15, 0.2) is 0 Å². The Morgan fingerprint density at radius 2 is 1.92 bits per heavy atom. The van der Waals surface area contributed by atoms with Crippen molar-refractivity contribution in [3.05, 3.63) is 41.5 Å². The number of allylic oxidation sites excluding steroid dienone is 2. The molecule has 0 saturated carbocycles. The Kier molecular flexibility index (Phi) is 2.83. The molecule has 1 atom stereocenters. The van der Waals surface area contributed by atoms with Gasteiger partial charge >= 0.3 is 18.9 Å². The summed E-state index contributed by atoms with van der Waals surface area (Å²) in [4.78, 5) is 0. The van der Waals surface area contributed by atoms with Crippen LogP contribution in [0.2, 0.25) is 0 Å². The summed E-state index contributed by atoms with van der Waals surface area (Å²) < 4.78 is 0. The Hall–Kier alpha value is -0.443. The SMILES string of the molecule is CC1=[C-]C(C)c2ccccc21.[Li+]. The molecule has 1 aliphatic rings. The number of hydrogen-bond acceptors (Lipinski definition) is 0. The van der Waals surface area contributed by atoms with Gasteiger partial charge in [-0.3, -0.25) is 6.08 Å². The van der Waals surface area contributed by atoms with Crippen LogP contribution >= 0.6 is 0 Å². The van der Waals surface area contributed by atoms with E-state index < -0.39 is 0 Å². The van der Waals surface area contributed by atoms with E-state index in [1.165, 1.54) is 16.7 Å². The zero-order valence-corrected chi connectivity index (χ0v) is 7.89. The molecule has 1 heteroatoms. The minimum absolute atomic E-state index is 0. The van der Waals surface area contributed by atoms with Crippen LogP contribution in [0.15, 0.2) is 24.3 Å². The van der Waals surface area contributed by atoms with Gasteiger partial charge in [0.05, 0.1) is 0 Å². The van der Waals surface area contributed by atoms with E-state index in [1.54, 1.807) is 0 Å². The van der Waals surface area contributed by atoms with Crippen LogP contribution in [0.25, 0.3) is 5.57 Å². The van der Waals surface area contributed by atoms with Crippen molar-refractivity contribution < 1.29 is 18.9 Å². The molecule has 0 bridgehead atoms. The molecule has 0 spiro atoms. The third-order valence-electron chi connectivity index (χ3n) is 2.26. The summed E-state index contributed by atoms with van der Waals surface area (Å²) in [6, 6.07) is 8.53. The van der Waals surface area contributed by atoms with Crippen LogP contribution in [0.5, 0.6) is 0 Å². The molecule has 0 amide bonds. The van der Waals surface area contributed by atoms with Gasteiger partial charge in [0.1, 0.15) is 0 Å². The number of benzene rings is 1. The molecule has 0 saturated heterocycles. The Bertz CT molecular complexity index is 313. The van der Waals surface area contributed by atoms with E-state index in [0.717, 1.165) is 0 Å². The first-order valence-corrected chi connectivity index (χ1v) is 3.98. The predicted molar refractivity (Wildman–Crippen MR) is 47.2 cm³/mol. The number of rotatable bonds is 0. The largest absolute Gasteiger partial charge is 1.00 e. The van der Waals surface area contributed by atoms with Gasteiger partial charge in [-0.05, 0) is 0 Å². The summed E-state index contributed by atoms with van der Waals surface area (Å²) in [6.45, 7) is 4.32. The fourth-order valence-electron chi connectivity index (χ4n) is 1.70.